The van der Waals surface area contributed by atoms with Crippen LogP contribution in [0.4, 0.5) is 0 Å². The van der Waals surface area contributed by atoms with Crippen LogP contribution in [0, 0.1) is 0 Å². The first-order chi connectivity index (χ1) is 28.3. The molecule has 0 radical (unpaired) electrons. The molecule has 6 nitrogen and oxygen atoms in total. The number of hydrogen-bond acceptors (Lipinski definition) is 4. The topological polar surface area (TPSA) is 61.7 Å². The minimum atomic E-state index is 0.598. The number of aromatic nitrogens is 5. The summed E-state index contributed by atoms with van der Waals surface area (Å²) in [5, 5.41) is 6.85. The van der Waals surface area contributed by atoms with E-state index >= 15 is 0 Å². The van der Waals surface area contributed by atoms with Crippen LogP contribution in [0.25, 0.3) is 111 Å². The molecule has 4 aromatic heterocycles. The molecule has 0 unspecified atom stereocenters. The zero-order valence-electron chi connectivity index (χ0n) is 30.5. The summed E-state index contributed by atoms with van der Waals surface area (Å²) in [6.07, 6.45) is 0. The average Bonchev–Trinajstić information content (AvgIpc) is 3.93. The van der Waals surface area contributed by atoms with Gasteiger partial charge in [-0.3, -0.25) is 0 Å². The molecule has 4 heterocycles. The van der Waals surface area contributed by atoms with Crippen molar-refractivity contribution in [1.82, 2.24) is 24.1 Å². The summed E-state index contributed by atoms with van der Waals surface area (Å²) in [6.45, 7) is 0. The predicted molar refractivity (Wildman–Crippen MR) is 232 cm³/mol. The fourth-order valence-electron chi connectivity index (χ4n) is 8.63. The maximum absolute atomic E-state index is 6.71. The van der Waals surface area contributed by atoms with E-state index < -0.39 is 0 Å². The average molecular weight is 730 g/mol. The first-order valence-electron chi connectivity index (χ1n) is 19.1. The van der Waals surface area contributed by atoms with Crippen LogP contribution in [0.5, 0.6) is 0 Å². The molecule has 57 heavy (non-hydrogen) atoms. The number of benzene rings is 8. The smallest absolute Gasteiger partial charge is 0.164 e. The van der Waals surface area contributed by atoms with Crippen LogP contribution in [0.3, 0.4) is 0 Å². The summed E-state index contributed by atoms with van der Waals surface area (Å²) in [4.78, 5) is 15.0. The van der Waals surface area contributed by atoms with E-state index in [4.69, 9.17) is 19.4 Å². The molecular formula is C51H31N5O. The largest absolute Gasteiger partial charge is 0.456 e. The van der Waals surface area contributed by atoms with Crippen LogP contribution in [-0.4, -0.2) is 24.1 Å². The quantitative estimate of drug-likeness (QED) is 0.177. The number of rotatable bonds is 5. The highest BCUT2D eigenvalue weighted by atomic mass is 16.3. The summed E-state index contributed by atoms with van der Waals surface area (Å²) in [5.41, 5.74) is 11.1. The molecule has 6 heteroatoms. The standard InChI is InChI=1S/C51H31N5O/c1-4-15-32(16-5-1)49-52-50(33-17-6-2-7-18-33)54-51(53-49)39-23-14-26-46-48(39)38-28-27-35(29-47(38)57-46)56-43-25-13-11-22-37(43)41-30-40-36-21-10-12-24-42(36)55(44(40)31-45(41)56)34-19-8-3-9-20-34/h1-31H. The Kier molecular flexibility index (Phi) is 6.83. The van der Waals surface area contributed by atoms with Crippen LogP contribution in [0.1, 0.15) is 0 Å². The Morgan fingerprint density at radius 1 is 0.333 bits per heavy atom. The highest BCUT2D eigenvalue weighted by Gasteiger charge is 2.21. The van der Waals surface area contributed by atoms with Gasteiger partial charge in [-0.05, 0) is 54.6 Å². The SMILES string of the molecule is c1ccc(-c2nc(-c3ccccc3)nc(-c3cccc4oc5cc(-n6c7ccccc7c7cc8c9ccccc9n(-c9ccccc9)c8cc76)ccc5c34)n2)cc1. The Balaban J connectivity index is 1.08. The van der Waals surface area contributed by atoms with E-state index in [1.807, 2.05) is 72.8 Å². The van der Waals surface area contributed by atoms with Crippen LogP contribution in [-0.2, 0) is 0 Å². The molecule has 0 atom stereocenters. The molecular weight excluding hydrogens is 699 g/mol. The van der Waals surface area contributed by atoms with Crippen LogP contribution < -0.4 is 0 Å². The lowest BCUT2D eigenvalue weighted by Crippen LogP contribution is -2.00. The number of fused-ring (bicyclic) bond motifs is 9. The van der Waals surface area contributed by atoms with Gasteiger partial charge in [-0.25, -0.2) is 15.0 Å². The minimum absolute atomic E-state index is 0.598. The third-order valence-corrected chi connectivity index (χ3v) is 11.2. The van der Waals surface area contributed by atoms with Crippen molar-refractivity contribution in [1.29, 1.82) is 0 Å². The van der Waals surface area contributed by atoms with Crippen molar-refractivity contribution in [2.75, 3.05) is 0 Å². The van der Waals surface area contributed by atoms with Crippen molar-refractivity contribution in [3.8, 4) is 45.5 Å². The molecule has 0 amide bonds. The number of nitrogens with zero attached hydrogens (tertiary/aromatic N) is 5. The molecule has 0 bridgehead atoms. The fourth-order valence-corrected chi connectivity index (χ4v) is 8.63. The van der Waals surface area contributed by atoms with Gasteiger partial charge in [0.05, 0.1) is 22.1 Å². The first-order valence-corrected chi connectivity index (χ1v) is 19.1. The predicted octanol–water partition coefficient (Wildman–Crippen LogP) is 13.0. The van der Waals surface area contributed by atoms with Gasteiger partial charge in [-0.2, -0.15) is 0 Å². The Labute approximate surface area is 326 Å². The van der Waals surface area contributed by atoms with Crippen molar-refractivity contribution >= 4 is 65.6 Å². The Bertz CT molecular complexity index is 3450. The van der Waals surface area contributed by atoms with Crippen molar-refractivity contribution in [3.63, 3.8) is 0 Å². The van der Waals surface area contributed by atoms with E-state index in [0.29, 0.717) is 17.5 Å². The summed E-state index contributed by atoms with van der Waals surface area (Å²) in [7, 11) is 0. The van der Waals surface area contributed by atoms with E-state index in [0.717, 1.165) is 66.6 Å². The van der Waals surface area contributed by atoms with Gasteiger partial charge >= 0.3 is 0 Å². The summed E-state index contributed by atoms with van der Waals surface area (Å²) < 4.78 is 11.5. The van der Waals surface area contributed by atoms with Gasteiger partial charge in [0.15, 0.2) is 17.5 Å². The molecule has 0 fully saturated rings. The Morgan fingerprint density at radius 3 is 1.51 bits per heavy atom. The van der Waals surface area contributed by atoms with E-state index in [1.165, 1.54) is 27.1 Å². The molecule has 0 spiro atoms. The molecule has 12 aromatic rings. The van der Waals surface area contributed by atoms with Crippen molar-refractivity contribution in [3.05, 3.63) is 188 Å². The van der Waals surface area contributed by atoms with Crippen LogP contribution in [0.2, 0.25) is 0 Å². The maximum Gasteiger partial charge on any atom is 0.164 e. The lowest BCUT2D eigenvalue weighted by molar-refractivity contribution is 0.668. The second-order valence-corrected chi connectivity index (χ2v) is 14.4. The second kappa shape index (κ2) is 12.3. The summed E-state index contributed by atoms with van der Waals surface area (Å²) >= 11 is 0. The zero-order valence-corrected chi connectivity index (χ0v) is 30.5. The zero-order chi connectivity index (χ0) is 37.5. The van der Waals surface area contributed by atoms with E-state index in [-0.39, 0.29) is 0 Å². The van der Waals surface area contributed by atoms with Crippen molar-refractivity contribution in [2.24, 2.45) is 0 Å². The highest BCUT2D eigenvalue weighted by Crippen LogP contribution is 2.42. The minimum Gasteiger partial charge on any atom is -0.456 e. The third-order valence-electron chi connectivity index (χ3n) is 11.2. The second-order valence-electron chi connectivity index (χ2n) is 14.4. The van der Waals surface area contributed by atoms with Gasteiger partial charge in [0.2, 0.25) is 0 Å². The first kappa shape index (κ1) is 31.5. The van der Waals surface area contributed by atoms with E-state index in [1.54, 1.807) is 0 Å². The Morgan fingerprint density at radius 2 is 0.877 bits per heavy atom. The van der Waals surface area contributed by atoms with E-state index in [2.05, 4.69) is 124 Å². The van der Waals surface area contributed by atoms with Gasteiger partial charge in [0.1, 0.15) is 11.2 Å². The van der Waals surface area contributed by atoms with Crippen molar-refractivity contribution < 1.29 is 4.42 Å². The number of para-hydroxylation sites is 3. The molecule has 0 aliphatic rings. The van der Waals surface area contributed by atoms with Gasteiger partial charge < -0.3 is 13.6 Å². The molecule has 0 aliphatic carbocycles. The van der Waals surface area contributed by atoms with Gasteiger partial charge in [-0.15, -0.1) is 0 Å². The Hall–Kier alpha value is -7.83. The normalized spacial score (nSPS) is 11.9. The van der Waals surface area contributed by atoms with Gasteiger partial charge in [0, 0.05) is 66.4 Å². The summed E-state index contributed by atoms with van der Waals surface area (Å²) in [5.74, 6) is 1.84. The lowest BCUT2D eigenvalue weighted by atomic mass is 10.0. The summed E-state index contributed by atoms with van der Waals surface area (Å²) in [6, 6.07) is 65.5. The van der Waals surface area contributed by atoms with Gasteiger partial charge in [-0.1, -0.05) is 127 Å². The maximum atomic E-state index is 6.71. The molecule has 0 aliphatic heterocycles. The number of hydrogen-bond donors (Lipinski definition) is 0. The lowest BCUT2D eigenvalue weighted by Gasteiger charge is -2.10. The highest BCUT2D eigenvalue weighted by molar-refractivity contribution is 6.19. The van der Waals surface area contributed by atoms with Gasteiger partial charge in [0.25, 0.3) is 0 Å². The van der Waals surface area contributed by atoms with Crippen LogP contribution in [0.15, 0.2) is 192 Å². The molecule has 12 rings (SSSR count). The molecule has 0 saturated heterocycles. The number of furan rings is 1. The molecule has 8 aromatic carbocycles. The fraction of sp³-hybridized carbons (Fsp3) is 0. The molecule has 0 saturated carbocycles. The van der Waals surface area contributed by atoms with Crippen molar-refractivity contribution in [2.45, 2.75) is 0 Å². The molecule has 266 valence electrons. The monoisotopic (exact) mass is 729 g/mol. The third kappa shape index (κ3) is 4.87. The van der Waals surface area contributed by atoms with E-state index in [9.17, 15) is 0 Å². The molecule has 0 N–H and O–H groups in total. The van der Waals surface area contributed by atoms with Crippen LogP contribution >= 0.6 is 0 Å².